The van der Waals surface area contributed by atoms with Crippen molar-refractivity contribution < 1.29 is 9.59 Å². The van der Waals surface area contributed by atoms with Crippen molar-refractivity contribution in [2.75, 3.05) is 5.32 Å². The molecule has 3 aromatic carbocycles. The van der Waals surface area contributed by atoms with Gasteiger partial charge in [-0.25, -0.2) is 5.43 Å². The molecular weight excluding hydrogens is 397 g/mol. The second-order valence-corrected chi connectivity index (χ2v) is 7.01. The van der Waals surface area contributed by atoms with Gasteiger partial charge in [0.05, 0.1) is 17.1 Å². The fourth-order valence-electron chi connectivity index (χ4n) is 2.69. The molecule has 2 N–H and O–H groups in total. The van der Waals surface area contributed by atoms with Crippen LogP contribution in [0.25, 0.3) is 10.8 Å². The molecule has 0 aliphatic heterocycles. The van der Waals surface area contributed by atoms with Crippen LogP contribution >= 0.6 is 23.2 Å². The number of hydrogen-bond acceptors (Lipinski definition) is 3. The van der Waals surface area contributed by atoms with E-state index in [1.165, 1.54) is 0 Å². The smallest absolute Gasteiger partial charge is 0.271 e. The summed E-state index contributed by atoms with van der Waals surface area (Å²) < 4.78 is 0. The third-order valence-corrected chi connectivity index (χ3v) is 4.57. The number of carbonyl (C=O) groups excluding carboxylic acids is 2. The molecule has 3 rings (SSSR count). The number of benzene rings is 3. The molecule has 0 spiro atoms. The van der Waals surface area contributed by atoms with Gasteiger partial charge in [0.25, 0.3) is 5.91 Å². The summed E-state index contributed by atoms with van der Waals surface area (Å²) in [6.45, 7) is 1.66. The van der Waals surface area contributed by atoms with E-state index in [9.17, 15) is 9.59 Å². The maximum atomic E-state index is 12.5. The van der Waals surface area contributed by atoms with Gasteiger partial charge in [0, 0.05) is 16.3 Å². The lowest BCUT2D eigenvalue weighted by molar-refractivity contribution is -0.115. The van der Waals surface area contributed by atoms with Gasteiger partial charge in [0.15, 0.2) is 0 Å². The molecule has 3 aromatic rings. The number of hydrazone groups is 1. The van der Waals surface area contributed by atoms with Crippen molar-refractivity contribution in [2.24, 2.45) is 5.10 Å². The van der Waals surface area contributed by atoms with E-state index in [-0.39, 0.29) is 18.2 Å². The SMILES string of the molecule is CC(CC(=O)Nc1cc(Cl)ccc1Cl)=NNC(=O)c1cccc2ccccc12. The zero-order valence-corrected chi connectivity index (χ0v) is 16.5. The first-order valence-electron chi connectivity index (χ1n) is 8.50. The molecule has 0 saturated heterocycles. The molecule has 0 aromatic heterocycles. The Labute approximate surface area is 172 Å². The molecule has 0 fully saturated rings. The van der Waals surface area contributed by atoms with Crippen LogP contribution < -0.4 is 10.7 Å². The Balaban J connectivity index is 1.64. The van der Waals surface area contributed by atoms with Crippen LogP contribution in [-0.4, -0.2) is 17.5 Å². The Bertz CT molecular complexity index is 1070. The fourth-order valence-corrected chi connectivity index (χ4v) is 3.03. The van der Waals surface area contributed by atoms with E-state index in [2.05, 4.69) is 15.8 Å². The van der Waals surface area contributed by atoms with Crippen molar-refractivity contribution in [1.82, 2.24) is 5.43 Å². The van der Waals surface area contributed by atoms with Gasteiger partial charge >= 0.3 is 0 Å². The Kier molecular flexibility index (Phi) is 6.29. The highest BCUT2D eigenvalue weighted by atomic mass is 35.5. The van der Waals surface area contributed by atoms with Gasteiger partial charge in [-0.1, -0.05) is 59.6 Å². The first-order chi connectivity index (χ1) is 13.4. The Hall–Kier alpha value is -2.89. The molecule has 0 bridgehead atoms. The zero-order chi connectivity index (χ0) is 20.1. The minimum absolute atomic E-state index is 0.00133. The topological polar surface area (TPSA) is 70.6 Å². The van der Waals surface area contributed by atoms with Crippen LogP contribution in [0.15, 0.2) is 65.8 Å². The summed E-state index contributed by atoms with van der Waals surface area (Å²) >= 11 is 11.9. The lowest BCUT2D eigenvalue weighted by Gasteiger charge is -2.08. The van der Waals surface area contributed by atoms with Gasteiger partial charge in [0.1, 0.15) is 0 Å². The molecule has 0 atom stereocenters. The van der Waals surface area contributed by atoms with Gasteiger partial charge in [-0.05, 0) is 42.0 Å². The monoisotopic (exact) mass is 413 g/mol. The highest BCUT2D eigenvalue weighted by molar-refractivity contribution is 6.35. The average Bonchev–Trinajstić information content (AvgIpc) is 2.68. The second kappa shape index (κ2) is 8.87. The van der Waals surface area contributed by atoms with Crippen LogP contribution in [0.5, 0.6) is 0 Å². The van der Waals surface area contributed by atoms with Crippen LogP contribution in [0, 0.1) is 0 Å². The van der Waals surface area contributed by atoms with Crippen LogP contribution in [-0.2, 0) is 4.79 Å². The molecule has 28 heavy (non-hydrogen) atoms. The van der Waals surface area contributed by atoms with E-state index in [0.717, 1.165) is 10.8 Å². The fraction of sp³-hybridized carbons (Fsp3) is 0.0952. The van der Waals surface area contributed by atoms with E-state index in [1.807, 2.05) is 36.4 Å². The first kappa shape index (κ1) is 19.9. The average molecular weight is 414 g/mol. The van der Waals surface area contributed by atoms with Crippen molar-refractivity contribution in [2.45, 2.75) is 13.3 Å². The standard InChI is InChI=1S/C21H17Cl2N3O2/c1-13(11-20(27)24-19-12-15(22)9-10-18(19)23)25-26-21(28)17-8-4-6-14-5-2-3-7-16(14)17/h2-10,12H,11H2,1H3,(H,24,27)(H,26,28). The quantitative estimate of drug-likeness (QED) is 0.441. The number of nitrogens with zero attached hydrogens (tertiary/aromatic N) is 1. The van der Waals surface area contributed by atoms with Gasteiger partial charge < -0.3 is 5.32 Å². The van der Waals surface area contributed by atoms with Gasteiger partial charge in [-0.15, -0.1) is 0 Å². The summed E-state index contributed by atoms with van der Waals surface area (Å²) in [4.78, 5) is 24.6. The highest BCUT2D eigenvalue weighted by Gasteiger charge is 2.11. The summed E-state index contributed by atoms with van der Waals surface area (Å²) in [6, 6.07) is 17.9. The summed E-state index contributed by atoms with van der Waals surface area (Å²) in [6.07, 6.45) is -0.00133. The van der Waals surface area contributed by atoms with Crippen molar-refractivity contribution in [3.63, 3.8) is 0 Å². The zero-order valence-electron chi connectivity index (χ0n) is 15.0. The van der Waals surface area contributed by atoms with Crippen LogP contribution in [0.3, 0.4) is 0 Å². The van der Waals surface area contributed by atoms with Crippen molar-refractivity contribution in [3.05, 3.63) is 76.3 Å². The molecule has 0 unspecified atom stereocenters. The van der Waals surface area contributed by atoms with Crippen molar-refractivity contribution >= 4 is 57.2 Å². The second-order valence-electron chi connectivity index (χ2n) is 6.16. The molecule has 0 saturated carbocycles. The van der Waals surface area contributed by atoms with Gasteiger partial charge in [-0.2, -0.15) is 5.10 Å². The van der Waals surface area contributed by atoms with E-state index in [1.54, 1.807) is 31.2 Å². The number of fused-ring (bicyclic) bond motifs is 1. The van der Waals surface area contributed by atoms with E-state index >= 15 is 0 Å². The van der Waals surface area contributed by atoms with Crippen LogP contribution in [0.4, 0.5) is 5.69 Å². The molecule has 0 aliphatic carbocycles. The normalized spacial score (nSPS) is 11.3. The Morgan fingerprint density at radius 2 is 1.75 bits per heavy atom. The number of rotatable bonds is 5. The summed E-state index contributed by atoms with van der Waals surface area (Å²) in [5.74, 6) is -0.653. The van der Waals surface area contributed by atoms with E-state index in [4.69, 9.17) is 23.2 Å². The molecule has 142 valence electrons. The molecule has 7 heteroatoms. The lowest BCUT2D eigenvalue weighted by atomic mass is 10.0. The number of anilines is 1. The van der Waals surface area contributed by atoms with Crippen LogP contribution in [0.1, 0.15) is 23.7 Å². The number of amides is 2. The summed E-state index contributed by atoms with van der Waals surface area (Å²) in [5.41, 5.74) is 3.89. The summed E-state index contributed by atoms with van der Waals surface area (Å²) in [7, 11) is 0. The highest BCUT2D eigenvalue weighted by Crippen LogP contribution is 2.25. The van der Waals surface area contributed by atoms with Gasteiger partial charge in [-0.3, -0.25) is 9.59 Å². The number of hydrogen-bond donors (Lipinski definition) is 2. The molecule has 2 amide bonds. The predicted octanol–water partition coefficient (Wildman–Crippen LogP) is 5.28. The summed E-state index contributed by atoms with van der Waals surface area (Å²) in [5, 5.41) is 9.36. The van der Waals surface area contributed by atoms with E-state index < -0.39 is 0 Å². The maximum Gasteiger partial charge on any atom is 0.271 e. The number of halogens is 2. The Morgan fingerprint density at radius 1 is 1.00 bits per heavy atom. The first-order valence-corrected chi connectivity index (χ1v) is 9.26. The van der Waals surface area contributed by atoms with Crippen molar-refractivity contribution in [1.29, 1.82) is 0 Å². The minimum Gasteiger partial charge on any atom is -0.324 e. The molecule has 5 nitrogen and oxygen atoms in total. The number of nitrogens with one attached hydrogen (secondary N) is 2. The van der Waals surface area contributed by atoms with Crippen LogP contribution in [0.2, 0.25) is 10.0 Å². The largest absolute Gasteiger partial charge is 0.324 e. The molecule has 0 radical (unpaired) electrons. The van der Waals surface area contributed by atoms with Gasteiger partial charge in [0.2, 0.25) is 5.91 Å². The number of carbonyl (C=O) groups is 2. The Morgan fingerprint density at radius 3 is 2.57 bits per heavy atom. The lowest BCUT2D eigenvalue weighted by Crippen LogP contribution is -2.21. The molecule has 0 aliphatic rings. The maximum absolute atomic E-state index is 12.5. The van der Waals surface area contributed by atoms with E-state index in [0.29, 0.717) is 27.0 Å². The third-order valence-electron chi connectivity index (χ3n) is 4.00. The van der Waals surface area contributed by atoms with Crippen molar-refractivity contribution in [3.8, 4) is 0 Å². The third kappa shape index (κ3) is 4.88. The predicted molar refractivity (Wildman–Crippen MR) is 114 cm³/mol. The molecule has 0 heterocycles. The minimum atomic E-state index is -0.338. The molecular formula is C21H17Cl2N3O2.